The van der Waals surface area contributed by atoms with Gasteiger partial charge in [-0.05, 0) is 49.9 Å². The minimum Gasteiger partial charge on any atom is -0.481 e. The Kier molecular flexibility index (Phi) is 3.88. The molecular formula is C16H24N2O3. The first-order valence-corrected chi connectivity index (χ1v) is 7.93. The Morgan fingerprint density at radius 1 is 1.33 bits per heavy atom. The summed E-state index contributed by atoms with van der Waals surface area (Å²) in [4.78, 5) is 21.6. The van der Waals surface area contributed by atoms with Crippen LogP contribution in [0.2, 0.25) is 0 Å². The largest absolute Gasteiger partial charge is 0.481 e. The summed E-state index contributed by atoms with van der Waals surface area (Å²) in [6.07, 6.45) is 11.0. The van der Waals surface area contributed by atoms with E-state index in [4.69, 9.17) is 10.8 Å². The van der Waals surface area contributed by atoms with E-state index in [2.05, 4.69) is 17.5 Å². The van der Waals surface area contributed by atoms with E-state index in [-0.39, 0.29) is 12.5 Å². The number of allylic oxidation sites excluding steroid dienone is 1. The molecule has 0 amide bonds. The lowest BCUT2D eigenvalue weighted by Gasteiger charge is -2.14. The molecule has 3 rings (SSSR count). The second-order valence-corrected chi connectivity index (χ2v) is 6.99. The van der Waals surface area contributed by atoms with Gasteiger partial charge in [0.1, 0.15) is 6.29 Å². The van der Waals surface area contributed by atoms with Gasteiger partial charge in [0.05, 0.1) is 18.0 Å². The van der Waals surface area contributed by atoms with E-state index >= 15 is 0 Å². The fourth-order valence-corrected chi connectivity index (χ4v) is 3.24. The van der Waals surface area contributed by atoms with Crippen LogP contribution < -0.4 is 11.1 Å². The van der Waals surface area contributed by atoms with Gasteiger partial charge < -0.3 is 21.0 Å². The highest BCUT2D eigenvalue weighted by Gasteiger charge is 2.50. The first-order valence-electron chi connectivity index (χ1n) is 7.93. The lowest BCUT2D eigenvalue weighted by atomic mass is 9.96. The highest BCUT2D eigenvalue weighted by molar-refractivity contribution is 5.73. The standard InChI is InChI=1S/C16H24N2O3/c17-16(6-5-13(10-1-2-10)11-3-4-11)8-14(16)18-12(9-19)7-15(20)21/h5-6,9-14,18H,1-4,7-8,17H2,(H,20,21)/t12-,14?,16?/m0/s1. The van der Waals surface area contributed by atoms with Gasteiger partial charge in [-0.25, -0.2) is 0 Å². The molecule has 0 spiro atoms. The second kappa shape index (κ2) is 5.54. The van der Waals surface area contributed by atoms with Crippen molar-refractivity contribution in [3.8, 4) is 0 Å². The van der Waals surface area contributed by atoms with Crippen LogP contribution in [0.5, 0.6) is 0 Å². The molecule has 3 saturated carbocycles. The van der Waals surface area contributed by atoms with E-state index in [0.717, 1.165) is 18.3 Å². The van der Waals surface area contributed by atoms with Gasteiger partial charge in [0.15, 0.2) is 0 Å². The van der Waals surface area contributed by atoms with Crippen LogP contribution in [-0.4, -0.2) is 35.0 Å². The van der Waals surface area contributed by atoms with Crippen LogP contribution in [-0.2, 0) is 9.59 Å². The van der Waals surface area contributed by atoms with Crippen LogP contribution in [0.15, 0.2) is 12.2 Å². The SMILES string of the molecule is NC1(C=CC(C2CC2)C2CC2)CC1N[C@H](C=O)CC(=O)O. The molecule has 3 aliphatic rings. The Hall–Kier alpha value is -1.20. The van der Waals surface area contributed by atoms with E-state index in [1.54, 1.807) is 0 Å². The number of nitrogens with two attached hydrogens (primary N) is 1. The third-order valence-corrected chi connectivity index (χ3v) is 4.98. The summed E-state index contributed by atoms with van der Waals surface area (Å²) in [5, 5.41) is 11.8. The molecule has 116 valence electrons. The topological polar surface area (TPSA) is 92.4 Å². The number of hydrogen-bond acceptors (Lipinski definition) is 4. The lowest BCUT2D eigenvalue weighted by Crippen LogP contribution is -2.40. The van der Waals surface area contributed by atoms with Gasteiger partial charge in [-0.2, -0.15) is 0 Å². The summed E-state index contributed by atoms with van der Waals surface area (Å²) in [7, 11) is 0. The predicted octanol–water partition coefficient (Wildman–Crippen LogP) is 1.08. The summed E-state index contributed by atoms with van der Waals surface area (Å²) < 4.78 is 0. The number of carboxylic acid groups (broad SMARTS) is 1. The molecule has 0 bridgehead atoms. The Bertz CT molecular complexity index is 444. The molecule has 0 aromatic rings. The summed E-state index contributed by atoms with van der Waals surface area (Å²) in [6, 6.07) is -0.628. The lowest BCUT2D eigenvalue weighted by molar-refractivity contribution is -0.138. The molecule has 21 heavy (non-hydrogen) atoms. The molecule has 4 N–H and O–H groups in total. The second-order valence-electron chi connectivity index (χ2n) is 6.99. The van der Waals surface area contributed by atoms with Crippen molar-refractivity contribution in [3.05, 3.63) is 12.2 Å². The highest BCUT2D eigenvalue weighted by Crippen LogP contribution is 2.50. The Morgan fingerprint density at radius 2 is 1.95 bits per heavy atom. The molecule has 0 saturated heterocycles. The van der Waals surface area contributed by atoms with E-state index < -0.39 is 17.6 Å². The van der Waals surface area contributed by atoms with Crippen molar-refractivity contribution in [1.82, 2.24) is 5.32 Å². The molecule has 5 heteroatoms. The summed E-state index contributed by atoms with van der Waals surface area (Å²) in [6.45, 7) is 0. The van der Waals surface area contributed by atoms with Gasteiger partial charge >= 0.3 is 5.97 Å². The van der Waals surface area contributed by atoms with Crippen molar-refractivity contribution in [2.75, 3.05) is 0 Å². The molecule has 3 aliphatic carbocycles. The van der Waals surface area contributed by atoms with Crippen molar-refractivity contribution in [2.24, 2.45) is 23.5 Å². The maximum absolute atomic E-state index is 10.9. The molecule has 3 atom stereocenters. The highest BCUT2D eigenvalue weighted by atomic mass is 16.4. The van der Waals surface area contributed by atoms with Gasteiger partial charge in [0.2, 0.25) is 0 Å². The molecule has 0 heterocycles. The van der Waals surface area contributed by atoms with Crippen LogP contribution in [0.3, 0.4) is 0 Å². The van der Waals surface area contributed by atoms with Crippen molar-refractivity contribution >= 4 is 12.3 Å². The number of aliphatic carboxylic acids is 1. The van der Waals surface area contributed by atoms with Crippen LogP contribution in [0.4, 0.5) is 0 Å². The Morgan fingerprint density at radius 3 is 2.43 bits per heavy atom. The van der Waals surface area contributed by atoms with Crippen molar-refractivity contribution < 1.29 is 14.7 Å². The Labute approximate surface area is 125 Å². The smallest absolute Gasteiger partial charge is 0.305 e. The molecule has 0 aromatic carbocycles. The number of hydrogen-bond donors (Lipinski definition) is 3. The molecular weight excluding hydrogens is 268 g/mol. The van der Waals surface area contributed by atoms with Gasteiger partial charge in [-0.15, -0.1) is 0 Å². The zero-order chi connectivity index (χ0) is 15.0. The van der Waals surface area contributed by atoms with Crippen LogP contribution >= 0.6 is 0 Å². The molecule has 0 aliphatic heterocycles. The van der Waals surface area contributed by atoms with Crippen LogP contribution in [0, 0.1) is 17.8 Å². The summed E-state index contributed by atoms with van der Waals surface area (Å²) in [5.74, 6) is 1.43. The fraction of sp³-hybridized carbons (Fsp3) is 0.750. The zero-order valence-corrected chi connectivity index (χ0v) is 12.2. The van der Waals surface area contributed by atoms with Gasteiger partial charge in [-0.1, -0.05) is 12.2 Å². The third-order valence-electron chi connectivity index (χ3n) is 4.98. The number of rotatable bonds is 9. The number of nitrogens with one attached hydrogen (secondary N) is 1. The Balaban J connectivity index is 1.51. The fourth-order valence-electron chi connectivity index (χ4n) is 3.24. The minimum atomic E-state index is -0.971. The summed E-state index contributed by atoms with van der Waals surface area (Å²) >= 11 is 0. The number of carboxylic acids is 1. The molecule has 0 aromatic heterocycles. The average molecular weight is 292 g/mol. The monoisotopic (exact) mass is 292 g/mol. The van der Waals surface area contributed by atoms with E-state index in [9.17, 15) is 9.59 Å². The third kappa shape index (κ3) is 3.71. The van der Waals surface area contributed by atoms with Crippen LogP contribution in [0.1, 0.15) is 38.5 Å². The van der Waals surface area contributed by atoms with Crippen molar-refractivity contribution in [3.63, 3.8) is 0 Å². The number of carbonyl (C=O) groups excluding carboxylic acids is 1. The summed E-state index contributed by atoms with van der Waals surface area (Å²) in [5.41, 5.74) is 5.90. The van der Waals surface area contributed by atoms with Gasteiger partial charge in [0.25, 0.3) is 0 Å². The van der Waals surface area contributed by atoms with E-state index in [1.807, 2.05) is 0 Å². The maximum atomic E-state index is 10.9. The predicted molar refractivity (Wildman–Crippen MR) is 78.6 cm³/mol. The van der Waals surface area contributed by atoms with E-state index in [1.165, 1.54) is 25.7 Å². The average Bonchev–Trinajstić information content (AvgIpc) is 3.27. The zero-order valence-electron chi connectivity index (χ0n) is 12.2. The van der Waals surface area contributed by atoms with Crippen molar-refractivity contribution in [1.29, 1.82) is 0 Å². The minimum absolute atomic E-state index is 0.0161. The first kappa shape index (κ1) is 14.7. The number of carbonyl (C=O) groups is 2. The van der Waals surface area contributed by atoms with Gasteiger partial charge in [-0.3, -0.25) is 4.79 Å². The molecule has 2 unspecified atom stereocenters. The van der Waals surface area contributed by atoms with Crippen molar-refractivity contribution in [2.45, 2.75) is 56.1 Å². The quantitative estimate of drug-likeness (QED) is 0.437. The normalized spacial score (nSPS) is 33.3. The molecule has 5 nitrogen and oxygen atoms in total. The maximum Gasteiger partial charge on any atom is 0.305 e. The van der Waals surface area contributed by atoms with E-state index in [0.29, 0.717) is 12.2 Å². The molecule has 3 fully saturated rings. The van der Waals surface area contributed by atoms with Crippen LogP contribution in [0.25, 0.3) is 0 Å². The number of aldehydes is 1. The molecule has 0 radical (unpaired) electrons. The van der Waals surface area contributed by atoms with Gasteiger partial charge in [0, 0.05) is 6.04 Å². The first-order chi connectivity index (χ1) is 10.0.